The first-order chi connectivity index (χ1) is 14.6. The van der Waals surface area contributed by atoms with E-state index in [2.05, 4.69) is 40.0 Å². The van der Waals surface area contributed by atoms with Crippen LogP contribution in [0.25, 0.3) is 22.3 Å². The number of nitrogens with one attached hydrogen (secondary N) is 1. The molecule has 30 heavy (non-hydrogen) atoms. The summed E-state index contributed by atoms with van der Waals surface area (Å²) >= 11 is 0. The number of fused-ring (bicyclic) bond motifs is 1. The zero-order valence-corrected chi connectivity index (χ0v) is 17.2. The third-order valence-corrected chi connectivity index (χ3v) is 6.06. The fourth-order valence-electron chi connectivity index (χ4n) is 4.56. The summed E-state index contributed by atoms with van der Waals surface area (Å²) in [6.07, 6.45) is 6.75. The van der Waals surface area contributed by atoms with Crippen molar-refractivity contribution in [1.82, 2.24) is 24.6 Å². The minimum absolute atomic E-state index is 0.137. The second-order valence-electron chi connectivity index (χ2n) is 8.33. The molecule has 4 heterocycles. The molecule has 4 aromatic rings. The number of benzene rings is 1. The van der Waals surface area contributed by atoms with Crippen LogP contribution < -0.4 is 0 Å². The van der Waals surface area contributed by atoms with E-state index in [9.17, 15) is 4.79 Å². The summed E-state index contributed by atoms with van der Waals surface area (Å²) in [7, 11) is 0. The molecule has 1 amide bonds. The Balaban J connectivity index is 1.33. The van der Waals surface area contributed by atoms with E-state index in [0.29, 0.717) is 5.92 Å². The molecule has 0 spiro atoms. The van der Waals surface area contributed by atoms with Gasteiger partial charge in [0.1, 0.15) is 0 Å². The summed E-state index contributed by atoms with van der Waals surface area (Å²) in [4.78, 5) is 19.8. The molecule has 1 aliphatic heterocycles. The first-order valence-electron chi connectivity index (χ1n) is 10.4. The maximum Gasteiger partial charge on any atom is 0.254 e. The highest BCUT2D eigenvalue weighted by atomic mass is 16.2. The van der Waals surface area contributed by atoms with Crippen LogP contribution in [0.15, 0.2) is 61.1 Å². The van der Waals surface area contributed by atoms with Crippen LogP contribution in [0.2, 0.25) is 0 Å². The Kier molecular flexibility index (Phi) is 4.62. The lowest BCUT2D eigenvalue weighted by molar-refractivity contribution is 0.0742. The Morgan fingerprint density at radius 3 is 2.93 bits per heavy atom. The van der Waals surface area contributed by atoms with E-state index in [1.165, 1.54) is 0 Å². The Bertz CT molecular complexity index is 1190. The molecule has 152 valence electrons. The third-order valence-electron chi connectivity index (χ3n) is 6.06. The van der Waals surface area contributed by atoms with Gasteiger partial charge in [0, 0.05) is 42.7 Å². The molecule has 5 rings (SSSR count). The van der Waals surface area contributed by atoms with Gasteiger partial charge in [-0.1, -0.05) is 17.7 Å². The fraction of sp³-hybridized carbons (Fsp3) is 0.292. The van der Waals surface area contributed by atoms with Crippen molar-refractivity contribution in [1.29, 1.82) is 0 Å². The van der Waals surface area contributed by atoms with Gasteiger partial charge in [0.05, 0.1) is 22.9 Å². The highest BCUT2D eigenvalue weighted by molar-refractivity contribution is 5.94. The van der Waals surface area contributed by atoms with Crippen LogP contribution in [0.3, 0.4) is 0 Å². The number of aromatic nitrogens is 4. The minimum atomic E-state index is 0.137. The third kappa shape index (κ3) is 3.38. The summed E-state index contributed by atoms with van der Waals surface area (Å²) < 4.78 is 2.26. The molecule has 3 aromatic heterocycles. The molecule has 0 aliphatic carbocycles. The number of nitrogens with zero attached hydrogens (tertiary/aromatic N) is 4. The molecule has 1 fully saturated rings. The number of rotatable bonds is 4. The van der Waals surface area contributed by atoms with Crippen molar-refractivity contribution in [2.24, 2.45) is 5.92 Å². The average Bonchev–Trinajstić information content (AvgIpc) is 3.48. The molecule has 0 bridgehead atoms. The largest absolute Gasteiger partial charge is 0.346 e. The Morgan fingerprint density at radius 1 is 1.23 bits per heavy atom. The maximum absolute atomic E-state index is 13.0. The van der Waals surface area contributed by atoms with Gasteiger partial charge in [0.2, 0.25) is 0 Å². The van der Waals surface area contributed by atoms with Crippen molar-refractivity contribution in [3.05, 3.63) is 72.2 Å². The number of likely N-dealkylation sites (tertiary alicyclic amines) is 1. The van der Waals surface area contributed by atoms with Crippen molar-refractivity contribution in [3.8, 4) is 11.3 Å². The van der Waals surface area contributed by atoms with Gasteiger partial charge in [-0.3, -0.25) is 9.89 Å². The monoisotopic (exact) mass is 399 g/mol. The van der Waals surface area contributed by atoms with E-state index in [1.54, 1.807) is 6.20 Å². The predicted octanol–water partition coefficient (Wildman–Crippen LogP) is 4.29. The zero-order valence-electron chi connectivity index (χ0n) is 17.2. The van der Waals surface area contributed by atoms with Gasteiger partial charge < -0.3 is 9.47 Å². The molecule has 1 aliphatic rings. The summed E-state index contributed by atoms with van der Waals surface area (Å²) in [5.41, 5.74) is 5.90. The molecular weight excluding hydrogens is 374 g/mol. The summed E-state index contributed by atoms with van der Waals surface area (Å²) in [6, 6.07) is 14.3. The van der Waals surface area contributed by atoms with Gasteiger partial charge in [-0.05, 0) is 56.5 Å². The van der Waals surface area contributed by atoms with E-state index >= 15 is 0 Å². The summed E-state index contributed by atoms with van der Waals surface area (Å²) in [5, 5.41) is 6.84. The molecule has 6 heteroatoms. The minimum Gasteiger partial charge on any atom is -0.346 e. The SMILES string of the molecule is Cc1cccc(C(=O)N2C[C@@H](Cn3ccc4nc(-c5cn[nH]c5)ccc43)C[C@@H]2C)c1. The number of pyridine rings is 1. The quantitative estimate of drug-likeness (QED) is 0.557. The number of H-pyrrole nitrogens is 1. The number of aromatic amines is 1. The van der Waals surface area contributed by atoms with Crippen molar-refractivity contribution in [2.45, 2.75) is 32.9 Å². The van der Waals surface area contributed by atoms with Crippen LogP contribution >= 0.6 is 0 Å². The van der Waals surface area contributed by atoms with Crippen molar-refractivity contribution in [2.75, 3.05) is 6.54 Å². The molecule has 0 saturated carbocycles. The van der Waals surface area contributed by atoms with Crippen molar-refractivity contribution >= 4 is 16.9 Å². The number of amides is 1. The lowest BCUT2D eigenvalue weighted by atomic mass is 10.1. The van der Waals surface area contributed by atoms with Crippen LogP contribution in [0, 0.1) is 12.8 Å². The van der Waals surface area contributed by atoms with Crippen molar-refractivity contribution < 1.29 is 4.79 Å². The lowest BCUT2D eigenvalue weighted by Crippen LogP contribution is -2.34. The zero-order chi connectivity index (χ0) is 20.7. The van der Waals surface area contributed by atoms with Crippen molar-refractivity contribution in [3.63, 3.8) is 0 Å². The Morgan fingerprint density at radius 2 is 2.13 bits per heavy atom. The van der Waals surface area contributed by atoms with Crippen LogP contribution in [0.1, 0.15) is 29.3 Å². The van der Waals surface area contributed by atoms with Crippen LogP contribution in [-0.2, 0) is 6.54 Å². The number of carbonyl (C=O) groups excluding carboxylic acids is 1. The van der Waals surface area contributed by atoms with Gasteiger partial charge >= 0.3 is 0 Å². The van der Waals surface area contributed by atoms with E-state index in [1.807, 2.05) is 48.4 Å². The Hall–Kier alpha value is -3.41. The second-order valence-corrected chi connectivity index (χ2v) is 8.33. The molecular formula is C24H25N5O. The normalized spacial score (nSPS) is 18.9. The van der Waals surface area contributed by atoms with Gasteiger partial charge in [0.15, 0.2) is 0 Å². The molecule has 1 aromatic carbocycles. The first kappa shape index (κ1) is 18.6. The topological polar surface area (TPSA) is 66.8 Å². The van der Waals surface area contributed by atoms with Crippen LogP contribution in [0.4, 0.5) is 0 Å². The van der Waals surface area contributed by atoms with E-state index < -0.39 is 0 Å². The van der Waals surface area contributed by atoms with Gasteiger partial charge in [-0.2, -0.15) is 5.10 Å². The number of aryl methyl sites for hydroxylation is 1. The van der Waals surface area contributed by atoms with E-state index in [-0.39, 0.29) is 11.9 Å². The molecule has 1 saturated heterocycles. The molecule has 6 nitrogen and oxygen atoms in total. The van der Waals surface area contributed by atoms with Gasteiger partial charge in [0.25, 0.3) is 5.91 Å². The summed E-state index contributed by atoms with van der Waals surface area (Å²) in [6.45, 7) is 5.85. The predicted molar refractivity (Wildman–Crippen MR) is 117 cm³/mol. The molecule has 1 N–H and O–H groups in total. The van der Waals surface area contributed by atoms with Gasteiger partial charge in [-0.25, -0.2) is 4.98 Å². The number of hydrogen-bond donors (Lipinski definition) is 1. The second kappa shape index (κ2) is 7.44. The number of hydrogen-bond acceptors (Lipinski definition) is 3. The van der Waals surface area contributed by atoms with E-state index in [4.69, 9.17) is 4.98 Å². The maximum atomic E-state index is 13.0. The lowest BCUT2D eigenvalue weighted by Gasteiger charge is -2.22. The first-order valence-corrected chi connectivity index (χ1v) is 10.4. The molecule has 0 radical (unpaired) electrons. The van der Waals surface area contributed by atoms with Gasteiger partial charge in [-0.15, -0.1) is 0 Å². The summed E-state index contributed by atoms with van der Waals surface area (Å²) in [5.74, 6) is 0.565. The van der Waals surface area contributed by atoms with Crippen LogP contribution in [0.5, 0.6) is 0 Å². The highest BCUT2D eigenvalue weighted by Crippen LogP contribution is 2.28. The smallest absolute Gasteiger partial charge is 0.254 e. The average molecular weight is 399 g/mol. The Labute approximate surface area is 175 Å². The standard InChI is InChI=1S/C24H25N5O/c1-16-4-3-5-19(10-16)24(30)29-15-18(11-17(29)2)14-28-9-8-22-23(28)7-6-21(27-22)20-12-25-26-13-20/h3-10,12-13,17-18H,11,14-15H2,1-2H3,(H,25,26)/t17-,18+/m0/s1. The van der Waals surface area contributed by atoms with Crippen LogP contribution in [-0.4, -0.2) is 43.1 Å². The molecule has 0 unspecified atom stereocenters. The highest BCUT2D eigenvalue weighted by Gasteiger charge is 2.33. The number of carbonyl (C=O) groups is 1. The van der Waals surface area contributed by atoms with E-state index in [0.717, 1.165) is 52.9 Å². The molecule has 2 atom stereocenters. The fourth-order valence-corrected chi connectivity index (χ4v) is 4.56.